The molecule has 5 nitrogen and oxygen atoms in total. The molecule has 2 rings (SSSR count). The van der Waals surface area contributed by atoms with E-state index in [0.717, 1.165) is 30.0 Å². The zero-order valence-electron chi connectivity index (χ0n) is 12.3. The number of rotatable bonds is 6. The quantitative estimate of drug-likeness (QED) is 0.623. The first kappa shape index (κ1) is 14.6. The largest absolute Gasteiger partial charge is 0.496 e. The molecule has 1 unspecified atom stereocenters. The van der Waals surface area contributed by atoms with Gasteiger partial charge in [-0.2, -0.15) is 0 Å². The van der Waals surface area contributed by atoms with Gasteiger partial charge in [0.2, 0.25) is 0 Å². The first-order valence-electron chi connectivity index (χ1n) is 6.72. The molecule has 0 amide bonds. The lowest BCUT2D eigenvalue weighted by Crippen LogP contribution is -2.28. The number of ether oxygens (including phenoxy) is 1. The van der Waals surface area contributed by atoms with Crippen LogP contribution in [-0.4, -0.2) is 16.7 Å². The van der Waals surface area contributed by atoms with Gasteiger partial charge in [0.05, 0.1) is 7.11 Å². The molecule has 0 saturated carbocycles. The normalized spacial score (nSPS) is 12.4. The number of methoxy groups -OCH3 is 1. The van der Waals surface area contributed by atoms with E-state index >= 15 is 0 Å². The van der Waals surface area contributed by atoms with Crippen molar-refractivity contribution < 1.29 is 4.74 Å². The lowest BCUT2D eigenvalue weighted by Gasteiger charge is -2.17. The van der Waals surface area contributed by atoms with Crippen molar-refractivity contribution >= 4 is 0 Å². The minimum absolute atomic E-state index is 0.108. The number of aromatic nitrogens is 2. The molecule has 0 bridgehead atoms. The third-order valence-electron chi connectivity index (χ3n) is 3.60. The van der Waals surface area contributed by atoms with Gasteiger partial charge in [0.1, 0.15) is 11.6 Å². The molecule has 1 aromatic carbocycles. The van der Waals surface area contributed by atoms with Crippen LogP contribution < -0.4 is 16.0 Å². The predicted octanol–water partition coefficient (Wildman–Crippen LogP) is 1.87. The van der Waals surface area contributed by atoms with Crippen LogP contribution in [0.3, 0.4) is 0 Å². The second-order valence-corrected chi connectivity index (χ2v) is 4.94. The Morgan fingerprint density at radius 3 is 2.80 bits per heavy atom. The maximum atomic E-state index is 5.69. The Morgan fingerprint density at radius 2 is 2.25 bits per heavy atom. The second kappa shape index (κ2) is 6.54. The Morgan fingerprint density at radius 1 is 1.45 bits per heavy atom. The summed E-state index contributed by atoms with van der Waals surface area (Å²) in [6.45, 7) is 2.04. The molecule has 0 aliphatic rings. The van der Waals surface area contributed by atoms with E-state index in [9.17, 15) is 0 Å². The van der Waals surface area contributed by atoms with Crippen LogP contribution in [0.4, 0.5) is 0 Å². The first-order valence-corrected chi connectivity index (χ1v) is 6.72. The highest BCUT2D eigenvalue weighted by Crippen LogP contribution is 2.24. The summed E-state index contributed by atoms with van der Waals surface area (Å²) in [6, 6.07) is 6.25. The highest BCUT2D eigenvalue weighted by molar-refractivity contribution is 5.37. The van der Waals surface area contributed by atoms with Gasteiger partial charge in [-0.05, 0) is 30.5 Å². The number of nitrogens with one attached hydrogen (secondary N) is 1. The summed E-state index contributed by atoms with van der Waals surface area (Å²) in [7, 11) is 3.69. The molecule has 1 aromatic heterocycles. The molecule has 3 N–H and O–H groups in total. The second-order valence-electron chi connectivity index (χ2n) is 4.94. The fourth-order valence-corrected chi connectivity index (χ4v) is 2.38. The molecule has 5 heteroatoms. The van der Waals surface area contributed by atoms with Crippen molar-refractivity contribution in [3.8, 4) is 5.75 Å². The molecule has 0 saturated heterocycles. The summed E-state index contributed by atoms with van der Waals surface area (Å²) in [5.74, 6) is 7.66. The third-order valence-corrected chi connectivity index (χ3v) is 3.60. The summed E-state index contributed by atoms with van der Waals surface area (Å²) in [4.78, 5) is 4.34. The average Bonchev–Trinajstić information content (AvgIpc) is 2.85. The molecule has 1 atom stereocenters. The van der Waals surface area contributed by atoms with E-state index in [-0.39, 0.29) is 6.04 Å². The molecule has 2 aromatic rings. The summed E-state index contributed by atoms with van der Waals surface area (Å²) < 4.78 is 7.32. The van der Waals surface area contributed by atoms with Gasteiger partial charge in [0, 0.05) is 31.9 Å². The van der Waals surface area contributed by atoms with E-state index in [1.807, 2.05) is 37.0 Å². The van der Waals surface area contributed by atoms with Gasteiger partial charge >= 0.3 is 0 Å². The van der Waals surface area contributed by atoms with Crippen LogP contribution in [0.1, 0.15) is 29.4 Å². The molecule has 0 fully saturated rings. The van der Waals surface area contributed by atoms with E-state index in [1.54, 1.807) is 7.11 Å². The van der Waals surface area contributed by atoms with Crippen molar-refractivity contribution in [2.45, 2.75) is 25.8 Å². The van der Waals surface area contributed by atoms with Crippen LogP contribution in [-0.2, 0) is 13.5 Å². The minimum Gasteiger partial charge on any atom is -0.496 e. The number of nitrogens with two attached hydrogens (primary N) is 1. The van der Waals surface area contributed by atoms with Crippen molar-refractivity contribution in [3.63, 3.8) is 0 Å². The lowest BCUT2D eigenvalue weighted by molar-refractivity contribution is 0.411. The van der Waals surface area contributed by atoms with E-state index in [0.29, 0.717) is 0 Å². The number of nitrogens with zero attached hydrogens (tertiary/aromatic N) is 2. The van der Waals surface area contributed by atoms with Crippen molar-refractivity contribution in [1.29, 1.82) is 0 Å². The molecule has 0 aliphatic carbocycles. The van der Waals surface area contributed by atoms with E-state index in [2.05, 4.69) is 22.5 Å². The maximum Gasteiger partial charge on any atom is 0.121 e. The first-order chi connectivity index (χ1) is 9.65. The predicted molar refractivity (Wildman–Crippen MR) is 79.3 cm³/mol. The number of hydrogen-bond acceptors (Lipinski definition) is 4. The highest BCUT2D eigenvalue weighted by Gasteiger charge is 2.12. The maximum absolute atomic E-state index is 5.69. The van der Waals surface area contributed by atoms with Crippen LogP contribution in [0.15, 0.2) is 30.6 Å². The van der Waals surface area contributed by atoms with Gasteiger partial charge in [0.25, 0.3) is 0 Å². The van der Waals surface area contributed by atoms with E-state index < -0.39 is 0 Å². The highest BCUT2D eigenvalue weighted by atomic mass is 16.5. The summed E-state index contributed by atoms with van der Waals surface area (Å²) in [5, 5.41) is 0. The SMILES string of the molecule is COc1ccc(C(CCc2nccn2C)NN)cc1C. The van der Waals surface area contributed by atoms with Crippen LogP contribution >= 0.6 is 0 Å². The lowest BCUT2D eigenvalue weighted by atomic mass is 10.00. The zero-order valence-corrected chi connectivity index (χ0v) is 12.3. The van der Waals surface area contributed by atoms with Gasteiger partial charge in [-0.1, -0.05) is 12.1 Å². The number of aryl methyl sites for hydroxylation is 3. The molecule has 20 heavy (non-hydrogen) atoms. The van der Waals surface area contributed by atoms with Gasteiger partial charge in [-0.15, -0.1) is 0 Å². The van der Waals surface area contributed by atoms with Crippen LogP contribution in [0.5, 0.6) is 5.75 Å². The monoisotopic (exact) mass is 274 g/mol. The molecular formula is C15H22N4O. The van der Waals surface area contributed by atoms with Crippen molar-refractivity contribution in [2.75, 3.05) is 7.11 Å². The fourth-order valence-electron chi connectivity index (χ4n) is 2.38. The smallest absolute Gasteiger partial charge is 0.121 e. The Labute approximate surface area is 119 Å². The Balaban J connectivity index is 2.08. The summed E-state index contributed by atoms with van der Waals surface area (Å²) >= 11 is 0. The van der Waals surface area contributed by atoms with Gasteiger partial charge in [0.15, 0.2) is 0 Å². The van der Waals surface area contributed by atoms with E-state index in [4.69, 9.17) is 10.6 Å². The molecule has 1 heterocycles. The van der Waals surface area contributed by atoms with Gasteiger partial charge in [-0.3, -0.25) is 11.3 Å². The average molecular weight is 274 g/mol. The molecule has 0 radical (unpaired) electrons. The fraction of sp³-hybridized carbons (Fsp3) is 0.400. The Kier molecular flexibility index (Phi) is 4.76. The molecular weight excluding hydrogens is 252 g/mol. The molecule has 0 spiro atoms. The minimum atomic E-state index is 0.108. The third kappa shape index (κ3) is 3.18. The van der Waals surface area contributed by atoms with Crippen molar-refractivity contribution in [3.05, 3.63) is 47.5 Å². The number of benzene rings is 1. The van der Waals surface area contributed by atoms with Crippen LogP contribution in [0, 0.1) is 6.92 Å². The zero-order chi connectivity index (χ0) is 14.5. The van der Waals surface area contributed by atoms with Crippen LogP contribution in [0.25, 0.3) is 0 Å². The van der Waals surface area contributed by atoms with Gasteiger partial charge < -0.3 is 9.30 Å². The Hall–Kier alpha value is -1.85. The van der Waals surface area contributed by atoms with Crippen molar-refractivity contribution in [2.24, 2.45) is 12.9 Å². The number of hydrogen-bond donors (Lipinski definition) is 2. The van der Waals surface area contributed by atoms with Crippen molar-refractivity contribution in [1.82, 2.24) is 15.0 Å². The van der Waals surface area contributed by atoms with Crippen LogP contribution in [0.2, 0.25) is 0 Å². The van der Waals surface area contributed by atoms with E-state index in [1.165, 1.54) is 5.56 Å². The Bertz CT molecular complexity index is 565. The standard InChI is InChI=1S/C15H22N4O/c1-11-10-12(4-6-14(11)20-3)13(18-16)5-7-15-17-8-9-19(15)2/h4,6,8-10,13,18H,5,7,16H2,1-3H3. The molecule has 108 valence electrons. The summed E-state index contributed by atoms with van der Waals surface area (Å²) in [5.41, 5.74) is 5.17. The number of hydrazine groups is 1. The number of imidazole rings is 1. The molecule has 0 aliphatic heterocycles. The topological polar surface area (TPSA) is 65.1 Å². The van der Waals surface area contributed by atoms with Gasteiger partial charge in [-0.25, -0.2) is 4.98 Å². The summed E-state index contributed by atoms with van der Waals surface area (Å²) in [6.07, 6.45) is 5.55.